The Morgan fingerprint density at radius 3 is 2.22 bits per heavy atom. The summed E-state index contributed by atoms with van der Waals surface area (Å²) in [6.45, 7) is 7.38. The number of amides is 1. The van der Waals surface area contributed by atoms with E-state index in [1.807, 2.05) is 27.7 Å². The molecule has 1 amide bonds. The lowest BCUT2D eigenvalue weighted by Gasteiger charge is -2.36. The Hall–Kier alpha value is -2.48. The van der Waals surface area contributed by atoms with Crippen molar-refractivity contribution in [1.82, 2.24) is 4.98 Å². The summed E-state index contributed by atoms with van der Waals surface area (Å²) in [6.07, 6.45) is -2.96. The summed E-state index contributed by atoms with van der Waals surface area (Å²) in [5, 5.41) is 4.16. The molecule has 0 aliphatic carbocycles. The summed E-state index contributed by atoms with van der Waals surface area (Å²) in [6, 6.07) is 5.74. The smallest absolute Gasteiger partial charge is 0.416 e. The lowest BCUT2D eigenvalue weighted by Crippen LogP contribution is -2.13. The van der Waals surface area contributed by atoms with Crippen LogP contribution in [0.25, 0.3) is 5.32 Å². The predicted octanol–water partition coefficient (Wildman–Crippen LogP) is 5.01. The predicted molar refractivity (Wildman–Crippen MR) is 95.7 cm³/mol. The molecule has 0 spiro atoms. The van der Waals surface area contributed by atoms with E-state index in [1.54, 1.807) is 18.3 Å². The van der Waals surface area contributed by atoms with Crippen LogP contribution in [0.15, 0.2) is 36.5 Å². The van der Waals surface area contributed by atoms with Gasteiger partial charge in [-0.1, -0.05) is 26.3 Å². The summed E-state index contributed by atoms with van der Waals surface area (Å²) in [4.78, 5) is 14.5. The van der Waals surface area contributed by atoms with Crippen LogP contribution >= 0.6 is 0 Å². The molecule has 0 radical (unpaired) electrons. The monoisotopic (exact) mass is 384 g/mol. The number of nitrogens with zero attached hydrogens (tertiary/aromatic N) is 2. The lowest BCUT2D eigenvalue weighted by molar-refractivity contribution is -0.137. The highest BCUT2D eigenvalue weighted by atomic mass is 19.4. The third kappa shape index (κ3) is 8.63. The second kappa shape index (κ2) is 8.94. The summed E-state index contributed by atoms with van der Waals surface area (Å²) in [5.41, 5.74) is 5.22. The SMILES string of the molecule is CC(C)(C)[N-]Cc1cc(F)cc(C(F)(F)F)c1.Cc1cc(C(N)=O)ccn1. The van der Waals surface area contributed by atoms with Crippen LogP contribution in [0.5, 0.6) is 0 Å². The molecule has 0 saturated carbocycles. The number of halogens is 4. The third-order valence-corrected chi connectivity index (χ3v) is 3.20. The Labute approximate surface area is 155 Å². The van der Waals surface area contributed by atoms with E-state index in [1.165, 1.54) is 0 Å². The van der Waals surface area contributed by atoms with E-state index in [0.29, 0.717) is 11.6 Å². The van der Waals surface area contributed by atoms with Gasteiger partial charge in [0.2, 0.25) is 5.91 Å². The van der Waals surface area contributed by atoms with Gasteiger partial charge in [0, 0.05) is 17.5 Å². The minimum absolute atomic E-state index is 0.0737. The van der Waals surface area contributed by atoms with Gasteiger partial charge in [-0.25, -0.2) is 4.39 Å². The molecule has 2 rings (SSSR count). The maximum absolute atomic E-state index is 13.0. The number of hydrogen-bond acceptors (Lipinski definition) is 2. The second-order valence-electron chi connectivity index (χ2n) is 6.88. The molecule has 1 aromatic carbocycles. The largest absolute Gasteiger partial charge is 0.654 e. The molecular formula is C19H22F4N3O-. The maximum Gasteiger partial charge on any atom is 0.416 e. The van der Waals surface area contributed by atoms with Crippen molar-refractivity contribution in [2.75, 3.05) is 0 Å². The Morgan fingerprint density at radius 1 is 1.15 bits per heavy atom. The number of pyridine rings is 1. The molecule has 4 nitrogen and oxygen atoms in total. The van der Waals surface area contributed by atoms with Crippen LogP contribution in [-0.2, 0) is 12.7 Å². The first kappa shape index (κ1) is 22.6. The van der Waals surface area contributed by atoms with Crippen LogP contribution < -0.4 is 5.73 Å². The molecular weight excluding hydrogens is 362 g/mol. The van der Waals surface area contributed by atoms with Gasteiger partial charge in [-0.05, 0) is 37.3 Å². The number of carbonyl (C=O) groups excluding carboxylic acids is 1. The molecule has 0 bridgehead atoms. The molecule has 1 aromatic heterocycles. The molecule has 27 heavy (non-hydrogen) atoms. The molecule has 148 valence electrons. The topological polar surface area (TPSA) is 70.1 Å². The minimum Gasteiger partial charge on any atom is -0.654 e. The molecule has 8 heteroatoms. The van der Waals surface area contributed by atoms with E-state index in [9.17, 15) is 22.4 Å². The van der Waals surface area contributed by atoms with Gasteiger partial charge < -0.3 is 11.1 Å². The van der Waals surface area contributed by atoms with Crippen LogP contribution in [0.3, 0.4) is 0 Å². The normalized spacial score (nSPS) is 11.6. The summed E-state index contributed by atoms with van der Waals surface area (Å²) < 4.78 is 50.3. The van der Waals surface area contributed by atoms with E-state index in [4.69, 9.17) is 5.73 Å². The summed E-state index contributed by atoms with van der Waals surface area (Å²) in [5.74, 6) is -1.30. The van der Waals surface area contributed by atoms with Crippen LogP contribution in [0.4, 0.5) is 17.6 Å². The summed E-state index contributed by atoms with van der Waals surface area (Å²) >= 11 is 0. The number of nitrogens with two attached hydrogens (primary N) is 1. The van der Waals surface area contributed by atoms with Gasteiger partial charge in [0.15, 0.2) is 0 Å². The highest BCUT2D eigenvalue weighted by Crippen LogP contribution is 2.31. The number of benzene rings is 1. The third-order valence-electron chi connectivity index (χ3n) is 3.20. The fraction of sp³-hybridized carbons (Fsp3) is 0.368. The van der Waals surface area contributed by atoms with E-state index in [-0.39, 0.29) is 17.6 Å². The number of alkyl halides is 3. The Bertz CT molecular complexity index is 783. The number of aryl methyl sites for hydroxylation is 1. The molecule has 0 aliphatic heterocycles. The number of primary amides is 1. The van der Waals surface area contributed by atoms with Crippen molar-refractivity contribution in [2.45, 2.75) is 46.0 Å². The fourth-order valence-corrected chi connectivity index (χ4v) is 1.93. The van der Waals surface area contributed by atoms with Crippen molar-refractivity contribution in [2.24, 2.45) is 5.73 Å². The van der Waals surface area contributed by atoms with Gasteiger partial charge >= 0.3 is 6.18 Å². The number of aromatic nitrogens is 1. The van der Waals surface area contributed by atoms with Gasteiger partial charge in [0.05, 0.1) is 5.56 Å². The van der Waals surface area contributed by atoms with Gasteiger partial charge in [-0.2, -0.15) is 13.2 Å². The Morgan fingerprint density at radius 2 is 1.78 bits per heavy atom. The van der Waals surface area contributed by atoms with Crippen molar-refractivity contribution in [1.29, 1.82) is 0 Å². The molecule has 0 unspecified atom stereocenters. The van der Waals surface area contributed by atoms with Crippen molar-refractivity contribution in [3.05, 3.63) is 70.0 Å². The van der Waals surface area contributed by atoms with Crippen molar-refractivity contribution >= 4 is 5.91 Å². The zero-order chi connectivity index (χ0) is 20.8. The highest BCUT2D eigenvalue weighted by Gasteiger charge is 2.31. The van der Waals surface area contributed by atoms with Crippen LogP contribution in [0.1, 0.15) is 48.0 Å². The standard InChI is InChI=1S/C12H14F4N.C7H8N2O/c1-11(2,3)17-7-8-4-9(12(14,15)16)6-10(13)5-8;1-5-4-6(7(8)10)2-3-9-5/h4-6H,7H2,1-3H3;2-4H,1H3,(H2,8,10)/q-1;. The van der Waals surface area contributed by atoms with E-state index in [2.05, 4.69) is 10.3 Å². The number of rotatable bonds is 3. The minimum atomic E-state index is -4.53. The average molecular weight is 384 g/mol. The zero-order valence-corrected chi connectivity index (χ0v) is 15.6. The average Bonchev–Trinajstić information content (AvgIpc) is 2.51. The first-order valence-corrected chi connectivity index (χ1v) is 8.06. The van der Waals surface area contributed by atoms with Gasteiger partial charge in [0.25, 0.3) is 0 Å². The van der Waals surface area contributed by atoms with Crippen molar-refractivity contribution in [3.63, 3.8) is 0 Å². The molecule has 0 atom stereocenters. The molecule has 0 aliphatic rings. The quantitative estimate of drug-likeness (QED) is 0.756. The lowest BCUT2D eigenvalue weighted by atomic mass is 10.1. The Kier molecular flexibility index (Phi) is 7.47. The van der Waals surface area contributed by atoms with Gasteiger partial charge in [-0.3, -0.25) is 9.78 Å². The van der Waals surface area contributed by atoms with E-state index >= 15 is 0 Å². The van der Waals surface area contributed by atoms with Crippen molar-refractivity contribution < 1.29 is 22.4 Å². The Balaban J connectivity index is 0.000000309. The molecule has 2 N–H and O–H groups in total. The van der Waals surface area contributed by atoms with Gasteiger partial charge in [-0.15, -0.1) is 12.1 Å². The molecule has 1 heterocycles. The fourth-order valence-electron chi connectivity index (χ4n) is 1.93. The summed E-state index contributed by atoms with van der Waals surface area (Å²) in [7, 11) is 0. The van der Waals surface area contributed by atoms with Crippen LogP contribution in [0.2, 0.25) is 0 Å². The zero-order valence-electron chi connectivity index (χ0n) is 15.6. The second-order valence-corrected chi connectivity index (χ2v) is 6.88. The molecule has 0 fully saturated rings. The van der Waals surface area contributed by atoms with Crippen LogP contribution in [0, 0.1) is 12.7 Å². The van der Waals surface area contributed by atoms with Gasteiger partial charge in [0.1, 0.15) is 5.82 Å². The molecule has 0 saturated heterocycles. The maximum atomic E-state index is 13.0. The highest BCUT2D eigenvalue weighted by molar-refractivity contribution is 5.92. The first-order chi connectivity index (χ1) is 12.3. The van der Waals surface area contributed by atoms with Crippen LogP contribution in [-0.4, -0.2) is 16.4 Å². The molecule has 2 aromatic rings. The number of carbonyl (C=O) groups is 1. The van der Waals surface area contributed by atoms with E-state index < -0.39 is 23.5 Å². The first-order valence-electron chi connectivity index (χ1n) is 8.06. The van der Waals surface area contributed by atoms with E-state index in [0.717, 1.165) is 17.8 Å². The van der Waals surface area contributed by atoms with Crippen molar-refractivity contribution in [3.8, 4) is 0 Å². The number of hydrogen-bond donors (Lipinski definition) is 1.